The van der Waals surface area contributed by atoms with Gasteiger partial charge < -0.3 is 9.67 Å². The number of pyridine rings is 1. The first kappa shape index (κ1) is 14.5. The summed E-state index contributed by atoms with van der Waals surface area (Å²) in [5.74, 6) is -0.0440. The number of hydrogen-bond acceptors (Lipinski definition) is 4. The number of aromatic hydroxyl groups is 1. The van der Waals surface area contributed by atoms with Crippen LogP contribution in [0.25, 0.3) is 11.1 Å². The Hall–Kier alpha value is -2.47. The molecule has 1 N–H and O–H groups in total. The minimum absolute atomic E-state index is 0.0440. The van der Waals surface area contributed by atoms with Crippen LogP contribution >= 0.6 is 15.9 Å². The zero-order valence-corrected chi connectivity index (χ0v) is 13.1. The third-order valence-corrected chi connectivity index (χ3v) is 3.94. The summed E-state index contributed by atoms with van der Waals surface area (Å²) in [6.07, 6.45) is 6.31. The summed E-state index contributed by atoms with van der Waals surface area (Å²) < 4.78 is 2.27. The Morgan fingerprint density at radius 1 is 1.14 bits per heavy atom. The molecule has 1 aromatic carbocycles. The second-order valence-corrected chi connectivity index (χ2v) is 5.59. The molecule has 0 fully saturated rings. The molecule has 3 rings (SSSR count). The SMILES string of the molecule is O=c1c(-c2ccccc2Br)c(O)ccn1Cc1cncnc1. The average Bonchev–Trinajstić information content (AvgIpc) is 2.53. The van der Waals surface area contributed by atoms with E-state index in [-0.39, 0.29) is 16.9 Å². The van der Waals surface area contributed by atoms with E-state index in [0.717, 1.165) is 10.0 Å². The highest BCUT2D eigenvalue weighted by atomic mass is 79.9. The standard InChI is InChI=1S/C16H12BrN3O2/c17-13-4-2-1-3-12(13)15-14(21)5-6-20(16(15)22)9-11-7-18-10-19-8-11/h1-8,10,21H,9H2. The van der Waals surface area contributed by atoms with E-state index >= 15 is 0 Å². The fourth-order valence-electron chi connectivity index (χ4n) is 2.21. The Labute approximate surface area is 135 Å². The lowest BCUT2D eigenvalue weighted by atomic mass is 10.1. The van der Waals surface area contributed by atoms with Crippen molar-refractivity contribution in [2.24, 2.45) is 0 Å². The van der Waals surface area contributed by atoms with Crippen molar-refractivity contribution in [1.82, 2.24) is 14.5 Å². The largest absolute Gasteiger partial charge is 0.507 e. The number of halogens is 1. The van der Waals surface area contributed by atoms with Gasteiger partial charge in [0.05, 0.1) is 12.1 Å². The monoisotopic (exact) mass is 357 g/mol. The van der Waals surface area contributed by atoms with Crippen LogP contribution in [0.3, 0.4) is 0 Å². The second kappa shape index (κ2) is 6.11. The summed E-state index contributed by atoms with van der Waals surface area (Å²) in [5.41, 5.74) is 1.47. The number of aromatic nitrogens is 3. The molecule has 0 radical (unpaired) electrons. The quantitative estimate of drug-likeness (QED) is 0.782. The molecule has 3 aromatic rings. The van der Waals surface area contributed by atoms with Gasteiger partial charge in [-0.1, -0.05) is 34.1 Å². The summed E-state index contributed by atoms with van der Waals surface area (Å²) in [5, 5.41) is 10.1. The lowest BCUT2D eigenvalue weighted by molar-refractivity contribution is 0.473. The van der Waals surface area contributed by atoms with Crippen LogP contribution < -0.4 is 5.56 Å². The maximum Gasteiger partial charge on any atom is 0.262 e. The Kier molecular flexibility index (Phi) is 4.02. The van der Waals surface area contributed by atoms with Crippen molar-refractivity contribution in [2.45, 2.75) is 6.54 Å². The Bertz CT molecular complexity index is 863. The van der Waals surface area contributed by atoms with Crippen molar-refractivity contribution in [3.8, 4) is 16.9 Å². The molecule has 0 spiro atoms. The molecule has 0 aliphatic heterocycles. The number of rotatable bonds is 3. The highest BCUT2D eigenvalue weighted by molar-refractivity contribution is 9.10. The van der Waals surface area contributed by atoms with Crippen LogP contribution in [-0.2, 0) is 6.54 Å². The van der Waals surface area contributed by atoms with Gasteiger partial charge in [0.2, 0.25) is 0 Å². The van der Waals surface area contributed by atoms with Gasteiger partial charge in [0.1, 0.15) is 12.1 Å². The first-order chi connectivity index (χ1) is 10.7. The van der Waals surface area contributed by atoms with Gasteiger partial charge in [-0.05, 0) is 12.1 Å². The predicted octanol–water partition coefficient (Wildman–Crippen LogP) is 2.82. The summed E-state index contributed by atoms with van der Waals surface area (Å²) in [7, 11) is 0. The van der Waals surface area contributed by atoms with Crippen molar-refractivity contribution >= 4 is 15.9 Å². The Morgan fingerprint density at radius 3 is 2.59 bits per heavy atom. The van der Waals surface area contributed by atoms with Gasteiger partial charge >= 0.3 is 0 Å². The number of hydrogen-bond donors (Lipinski definition) is 1. The molecule has 0 aliphatic carbocycles. The van der Waals surface area contributed by atoms with E-state index in [0.29, 0.717) is 12.1 Å². The van der Waals surface area contributed by atoms with Gasteiger partial charge in [-0.25, -0.2) is 9.97 Å². The third-order valence-electron chi connectivity index (χ3n) is 3.25. The molecular formula is C16H12BrN3O2. The minimum Gasteiger partial charge on any atom is -0.507 e. The summed E-state index contributed by atoms with van der Waals surface area (Å²) in [6, 6.07) is 8.81. The molecule has 22 heavy (non-hydrogen) atoms. The minimum atomic E-state index is -0.268. The van der Waals surface area contributed by atoms with E-state index in [1.54, 1.807) is 24.7 Å². The molecule has 2 heterocycles. The normalized spacial score (nSPS) is 10.6. The summed E-state index contributed by atoms with van der Waals surface area (Å²) >= 11 is 3.41. The molecule has 0 unspecified atom stereocenters. The average molecular weight is 358 g/mol. The first-order valence-corrected chi connectivity index (χ1v) is 7.37. The lowest BCUT2D eigenvalue weighted by Gasteiger charge is -2.11. The second-order valence-electron chi connectivity index (χ2n) is 4.74. The van der Waals surface area contributed by atoms with E-state index in [1.807, 2.05) is 18.2 Å². The number of benzene rings is 1. The van der Waals surface area contributed by atoms with Crippen LogP contribution in [0.4, 0.5) is 0 Å². The predicted molar refractivity (Wildman–Crippen MR) is 86.6 cm³/mol. The van der Waals surface area contributed by atoms with Gasteiger partial charge in [-0.3, -0.25) is 4.79 Å². The van der Waals surface area contributed by atoms with Gasteiger partial charge in [-0.2, -0.15) is 0 Å². The molecule has 110 valence electrons. The number of nitrogens with zero attached hydrogens (tertiary/aromatic N) is 3. The van der Waals surface area contributed by atoms with E-state index < -0.39 is 0 Å². The van der Waals surface area contributed by atoms with Gasteiger partial charge in [0.15, 0.2) is 0 Å². The molecule has 2 aromatic heterocycles. The summed E-state index contributed by atoms with van der Waals surface area (Å²) in [4.78, 5) is 20.6. The highest BCUT2D eigenvalue weighted by Crippen LogP contribution is 2.31. The molecular weight excluding hydrogens is 346 g/mol. The van der Waals surface area contributed by atoms with Gasteiger partial charge in [0.25, 0.3) is 5.56 Å². The van der Waals surface area contributed by atoms with E-state index in [1.165, 1.54) is 17.0 Å². The van der Waals surface area contributed by atoms with Crippen molar-refractivity contribution in [3.63, 3.8) is 0 Å². The zero-order valence-electron chi connectivity index (χ0n) is 11.5. The maximum absolute atomic E-state index is 12.7. The molecule has 0 aliphatic rings. The molecule has 0 atom stereocenters. The van der Waals surface area contributed by atoms with Crippen molar-refractivity contribution in [3.05, 3.63) is 75.6 Å². The van der Waals surface area contributed by atoms with Crippen LogP contribution in [0.1, 0.15) is 5.56 Å². The molecule has 0 amide bonds. The third kappa shape index (κ3) is 2.78. The molecule has 0 bridgehead atoms. The smallest absolute Gasteiger partial charge is 0.262 e. The van der Waals surface area contributed by atoms with E-state index in [9.17, 15) is 9.90 Å². The van der Waals surface area contributed by atoms with Crippen LogP contribution in [0.2, 0.25) is 0 Å². The van der Waals surface area contributed by atoms with Crippen LogP contribution in [0.15, 0.2) is 64.5 Å². The van der Waals surface area contributed by atoms with E-state index in [2.05, 4.69) is 25.9 Å². The molecule has 5 nitrogen and oxygen atoms in total. The van der Waals surface area contributed by atoms with Crippen molar-refractivity contribution in [1.29, 1.82) is 0 Å². The zero-order chi connectivity index (χ0) is 15.5. The fraction of sp³-hybridized carbons (Fsp3) is 0.0625. The van der Waals surface area contributed by atoms with Crippen LogP contribution in [0, 0.1) is 0 Å². The first-order valence-electron chi connectivity index (χ1n) is 6.58. The molecule has 6 heteroatoms. The Morgan fingerprint density at radius 2 is 1.86 bits per heavy atom. The van der Waals surface area contributed by atoms with Crippen molar-refractivity contribution in [2.75, 3.05) is 0 Å². The van der Waals surface area contributed by atoms with E-state index in [4.69, 9.17) is 0 Å². The molecule has 0 saturated heterocycles. The Balaban J connectivity index is 2.11. The maximum atomic E-state index is 12.7. The summed E-state index contributed by atoms with van der Waals surface area (Å²) in [6.45, 7) is 0.345. The molecule has 0 saturated carbocycles. The van der Waals surface area contributed by atoms with Crippen LogP contribution in [0.5, 0.6) is 5.75 Å². The lowest BCUT2D eigenvalue weighted by Crippen LogP contribution is -2.21. The fourth-order valence-corrected chi connectivity index (χ4v) is 2.70. The highest BCUT2D eigenvalue weighted by Gasteiger charge is 2.14. The van der Waals surface area contributed by atoms with Gasteiger partial charge in [0, 0.05) is 34.2 Å². The van der Waals surface area contributed by atoms with Crippen molar-refractivity contribution < 1.29 is 5.11 Å². The topological polar surface area (TPSA) is 68.0 Å². The van der Waals surface area contributed by atoms with Crippen LogP contribution in [-0.4, -0.2) is 19.6 Å². The van der Waals surface area contributed by atoms with Gasteiger partial charge in [-0.15, -0.1) is 0 Å².